The Kier molecular flexibility index (Phi) is 6.84. The molecule has 0 saturated heterocycles. The standard InChI is InChI=1S/C12H26N2O3S/c1-10(9-12(2,3)4)8-11(15)14-6-5-7-18(13,16)17/h10H,5-9H2,1-4H3,(H,14,15)(H2,13,16,17). The Hall–Kier alpha value is -0.620. The molecule has 3 N–H and O–H groups in total. The number of primary sulfonamides is 1. The van der Waals surface area contributed by atoms with Crippen molar-refractivity contribution in [1.82, 2.24) is 5.32 Å². The summed E-state index contributed by atoms with van der Waals surface area (Å²) in [6, 6.07) is 0. The minimum atomic E-state index is -3.42. The van der Waals surface area contributed by atoms with E-state index in [4.69, 9.17) is 5.14 Å². The lowest BCUT2D eigenvalue weighted by molar-refractivity contribution is -0.122. The first kappa shape index (κ1) is 17.4. The molecule has 0 aliphatic rings. The molecule has 0 aromatic carbocycles. The van der Waals surface area contributed by atoms with Gasteiger partial charge in [-0.1, -0.05) is 27.7 Å². The molecule has 0 aliphatic heterocycles. The smallest absolute Gasteiger partial charge is 0.220 e. The van der Waals surface area contributed by atoms with Gasteiger partial charge in [-0.3, -0.25) is 4.79 Å². The molecule has 108 valence electrons. The van der Waals surface area contributed by atoms with E-state index in [0.717, 1.165) is 6.42 Å². The van der Waals surface area contributed by atoms with Gasteiger partial charge in [-0.15, -0.1) is 0 Å². The van der Waals surface area contributed by atoms with Crippen molar-refractivity contribution in [3.63, 3.8) is 0 Å². The number of nitrogens with one attached hydrogen (secondary N) is 1. The van der Waals surface area contributed by atoms with Gasteiger partial charge in [-0.25, -0.2) is 13.6 Å². The van der Waals surface area contributed by atoms with Gasteiger partial charge in [0.2, 0.25) is 15.9 Å². The molecule has 0 radical (unpaired) electrons. The van der Waals surface area contributed by atoms with Gasteiger partial charge in [0.1, 0.15) is 0 Å². The topological polar surface area (TPSA) is 89.3 Å². The number of hydrogen-bond acceptors (Lipinski definition) is 3. The van der Waals surface area contributed by atoms with E-state index >= 15 is 0 Å². The summed E-state index contributed by atoms with van der Waals surface area (Å²) in [5.74, 6) is 0.203. The summed E-state index contributed by atoms with van der Waals surface area (Å²) in [5.41, 5.74) is 0.216. The molecule has 0 bridgehead atoms. The van der Waals surface area contributed by atoms with Crippen LogP contribution in [0.3, 0.4) is 0 Å². The number of rotatable bonds is 7. The third-order valence-corrected chi connectivity index (χ3v) is 3.28. The molecule has 0 spiro atoms. The zero-order chi connectivity index (χ0) is 14.4. The quantitative estimate of drug-likeness (QED) is 0.687. The van der Waals surface area contributed by atoms with E-state index in [2.05, 4.69) is 33.0 Å². The summed E-state index contributed by atoms with van der Waals surface area (Å²) in [6.45, 7) is 8.85. The van der Waals surface area contributed by atoms with Crippen LogP contribution >= 0.6 is 0 Å². The third kappa shape index (κ3) is 11.9. The molecule has 0 fully saturated rings. The van der Waals surface area contributed by atoms with E-state index in [-0.39, 0.29) is 17.1 Å². The zero-order valence-electron chi connectivity index (χ0n) is 11.8. The van der Waals surface area contributed by atoms with E-state index in [1.807, 2.05) is 0 Å². The highest BCUT2D eigenvalue weighted by Gasteiger charge is 2.17. The molecule has 0 saturated carbocycles. The Balaban J connectivity index is 3.78. The maximum absolute atomic E-state index is 11.6. The van der Waals surface area contributed by atoms with Crippen molar-refractivity contribution in [3.05, 3.63) is 0 Å². The van der Waals surface area contributed by atoms with Crippen molar-refractivity contribution < 1.29 is 13.2 Å². The second-order valence-electron chi connectivity index (χ2n) is 6.14. The summed E-state index contributed by atoms with van der Waals surface area (Å²) in [7, 11) is -3.42. The zero-order valence-corrected chi connectivity index (χ0v) is 12.6. The van der Waals surface area contributed by atoms with E-state index in [1.54, 1.807) is 0 Å². The van der Waals surface area contributed by atoms with Gasteiger partial charge in [0.15, 0.2) is 0 Å². The second-order valence-corrected chi connectivity index (χ2v) is 7.88. The summed E-state index contributed by atoms with van der Waals surface area (Å²) in [5, 5.41) is 7.57. The maximum atomic E-state index is 11.6. The molecule has 1 unspecified atom stereocenters. The number of carbonyl (C=O) groups is 1. The van der Waals surface area contributed by atoms with Crippen LogP contribution in [-0.4, -0.2) is 26.6 Å². The van der Waals surface area contributed by atoms with E-state index < -0.39 is 10.0 Å². The Morgan fingerprint density at radius 2 is 1.89 bits per heavy atom. The van der Waals surface area contributed by atoms with Crippen molar-refractivity contribution in [2.75, 3.05) is 12.3 Å². The molecule has 0 rings (SSSR count). The summed E-state index contributed by atoms with van der Waals surface area (Å²) < 4.78 is 21.4. The van der Waals surface area contributed by atoms with Crippen LogP contribution in [-0.2, 0) is 14.8 Å². The molecule has 0 aliphatic carbocycles. The summed E-state index contributed by atoms with van der Waals surface area (Å²) in [6.07, 6.45) is 1.82. The normalized spacial score (nSPS) is 14.3. The Labute approximate surface area is 111 Å². The lowest BCUT2D eigenvalue weighted by atomic mass is 9.84. The Morgan fingerprint density at radius 3 is 2.33 bits per heavy atom. The highest BCUT2D eigenvalue weighted by atomic mass is 32.2. The fourth-order valence-corrected chi connectivity index (χ4v) is 2.55. The van der Waals surface area contributed by atoms with Crippen LogP contribution in [0, 0.1) is 11.3 Å². The van der Waals surface area contributed by atoms with Crippen LogP contribution in [0.1, 0.15) is 47.0 Å². The maximum Gasteiger partial charge on any atom is 0.220 e. The number of sulfonamides is 1. The van der Waals surface area contributed by atoms with Gasteiger partial charge in [0, 0.05) is 13.0 Å². The number of nitrogens with two attached hydrogens (primary N) is 1. The average molecular weight is 278 g/mol. The van der Waals surface area contributed by atoms with Gasteiger partial charge in [0.05, 0.1) is 5.75 Å². The summed E-state index contributed by atoms with van der Waals surface area (Å²) >= 11 is 0. The largest absolute Gasteiger partial charge is 0.356 e. The highest BCUT2D eigenvalue weighted by molar-refractivity contribution is 7.89. The predicted octanol–water partition coefficient (Wildman–Crippen LogP) is 1.24. The fourth-order valence-electron chi connectivity index (χ4n) is 2.01. The van der Waals surface area contributed by atoms with Crippen LogP contribution in [0.4, 0.5) is 0 Å². The molecule has 18 heavy (non-hydrogen) atoms. The van der Waals surface area contributed by atoms with Crippen LogP contribution in [0.25, 0.3) is 0 Å². The monoisotopic (exact) mass is 278 g/mol. The van der Waals surface area contributed by atoms with Gasteiger partial charge < -0.3 is 5.32 Å². The minimum Gasteiger partial charge on any atom is -0.356 e. The van der Waals surface area contributed by atoms with Crippen LogP contribution in [0.5, 0.6) is 0 Å². The highest BCUT2D eigenvalue weighted by Crippen LogP contribution is 2.25. The predicted molar refractivity (Wildman–Crippen MR) is 73.5 cm³/mol. The van der Waals surface area contributed by atoms with Crippen molar-refractivity contribution in [3.8, 4) is 0 Å². The first-order chi connectivity index (χ1) is 7.99. The van der Waals surface area contributed by atoms with Crippen molar-refractivity contribution in [2.24, 2.45) is 16.5 Å². The van der Waals surface area contributed by atoms with Gasteiger partial charge in [-0.05, 0) is 24.2 Å². The SMILES string of the molecule is CC(CC(=O)NCCCS(N)(=O)=O)CC(C)(C)C. The van der Waals surface area contributed by atoms with Gasteiger partial charge >= 0.3 is 0 Å². The summed E-state index contributed by atoms with van der Waals surface area (Å²) in [4.78, 5) is 11.6. The first-order valence-electron chi connectivity index (χ1n) is 6.27. The van der Waals surface area contributed by atoms with Crippen molar-refractivity contribution in [1.29, 1.82) is 0 Å². The van der Waals surface area contributed by atoms with Crippen molar-refractivity contribution in [2.45, 2.75) is 47.0 Å². The third-order valence-electron chi connectivity index (χ3n) is 2.42. The molecule has 0 aromatic heterocycles. The molecular formula is C12H26N2O3S. The number of amides is 1. The van der Waals surface area contributed by atoms with Crippen LogP contribution in [0.2, 0.25) is 0 Å². The molecule has 1 amide bonds. The molecule has 6 heteroatoms. The average Bonchev–Trinajstić information content (AvgIpc) is 2.07. The molecule has 1 atom stereocenters. The molecular weight excluding hydrogens is 252 g/mol. The van der Waals surface area contributed by atoms with Gasteiger partial charge in [-0.2, -0.15) is 0 Å². The van der Waals surface area contributed by atoms with Crippen LogP contribution < -0.4 is 10.5 Å². The Morgan fingerprint density at radius 1 is 1.33 bits per heavy atom. The first-order valence-corrected chi connectivity index (χ1v) is 7.98. The second kappa shape index (κ2) is 7.09. The molecule has 5 nitrogen and oxygen atoms in total. The van der Waals surface area contributed by atoms with E-state index in [9.17, 15) is 13.2 Å². The lowest BCUT2D eigenvalue weighted by Crippen LogP contribution is -2.29. The van der Waals surface area contributed by atoms with Crippen molar-refractivity contribution >= 4 is 15.9 Å². The van der Waals surface area contributed by atoms with Crippen LogP contribution in [0.15, 0.2) is 0 Å². The number of carbonyl (C=O) groups excluding carboxylic acids is 1. The number of hydrogen-bond donors (Lipinski definition) is 2. The van der Waals surface area contributed by atoms with E-state index in [1.165, 1.54) is 0 Å². The van der Waals surface area contributed by atoms with Gasteiger partial charge in [0.25, 0.3) is 0 Å². The Bertz CT molecular complexity index is 358. The lowest BCUT2D eigenvalue weighted by Gasteiger charge is -2.22. The molecule has 0 heterocycles. The fraction of sp³-hybridized carbons (Fsp3) is 0.917. The van der Waals surface area contributed by atoms with E-state index in [0.29, 0.717) is 25.3 Å². The minimum absolute atomic E-state index is 0.0267. The molecule has 0 aromatic rings.